The highest BCUT2D eigenvalue weighted by Gasteiger charge is 2.31. The van der Waals surface area contributed by atoms with E-state index in [1.807, 2.05) is 13.8 Å². The monoisotopic (exact) mass is 345 g/mol. The van der Waals surface area contributed by atoms with E-state index in [2.05, 4.69) is 5.32 Å². The summed E-state index contributed by atoms with van der Waals surface area (Å²) in [6.45, 7) is 4.21. The van der Waals surface area contributed by atoms with Gasteiger partial charge in [-0.2, -0.15) is 0 Å². The molecular formula is C17H16FN3O4. The second kappa shape index (κ2) is 6.04. The minimum atomic E-state index is -0.691. The highest BCUT2D eigenvalue weighted by Crippen LogP contribution is 2.25. The average molecular weight is 345 g/mol. The summed E-state index contributed by atoms with van der Waals surface area (Å²) in [5.74, 6) is -1.97. The predicted molar refractivity (Wildman–Crippen MR) is 88.5 cm³/mol. The number of rotatable bonds is 4. The largest absolute Gasteiger partial charge is 0.490 e. The van der Waals surface area contributed by atoms with Crippen molar-refractivity contribution in [2.45, 2.75) is 13.8 Å². The van der Waals surface area contributed by atoms with E-state index in [0.29, 0.717) is 6.61 Å². The third-order valence-electron chi connectivity index (χ3n) is 3.70. The van der Waals surface area contributed by atoms with Gasteiger partial charge in [0.15, 0.2) is 11.6 Å². The van der Waals surface area contributed by atoms with Crippen molar-refractivity contribution < 1.29 is 18.7 Å². The number of imide groups is 1. The number of hydrogen-bond donors (Lipinski definition) is 2. The van der Waals surface area contributed by atoms with Crippen LogP contribution in [0.3, 0.4) is 0 Å². The van der Waals surface area contributed by atoms with Crippen LogP contribution in [0.15, 0.2) is 29.1 Å². The van der Waals surface area contributed by atoms with Gasteiger partial charge in [0, 0.05) is 12.1 Å². The number of nitrogens with two attached hydrogens (primary N) is 1. The van der Waals surface area contributed by atoms with E-state index in [1.54, 1.807) is 0 Å². The van der Waals surface area contributed by atoms with Crippen molar-refractivity contribution in [2.24, 2.45) is 5.92 Å². The van der Waals surface area contributed by atoms with Crippen LogP contribution in [-0.2, 0) is 0 Å². The number of nitrogens with zero attached hydrogens (tertiary/aromatic N) is 1. The molecule has 8 heteroatoms. The maximum Gasteiger partial charge on any atom is 0.262 e. The summed E-state index contributed by atoms with van der Waals surface area (Å²) in [6.07, 6.45) is 0. The summed E-state index contributed by atoms with van der Waals surface area (Å²) in [5.41, 5.74) is 5.22. The number of nitrogen functional groups attached to an aromatic ring is 1. The SMILES string of the molecule is CC(C)COc1ccc(-n2c(N)c3c(cc2=O)C(=O)NC3=O)cc1F. The highest BCUT2D eigenvalue weighted by atomic mass is 19.1. The van der Waals surface area contributed by atoms with E-state index in [9.17, 15) is 18.8 Å². The molecule has 1 aliphatic rings. The van der Waals surface area contributed by atoms with Crippen LogP contribution in [0, 0.1) is 11.7 Å². The Kier molecular flexibility index (Phi) is 4.03. The fourth-order valence-electron chi connectivity index (χ4n) is 2.55. The minimum Gasteiger partial charge on any atom is -0.490 e. The molecule has 3 N–H and O–H groups in total. The highest BCUT2D eigenvalue weighted by molar-refractivity contribution is 6.23. The van der Waals surface area contributed by atoms with E-state index in [4.69, 9.17) is 10.5 Å². The number of aromatic nitrogens is 1. The summed E-state index contributed by atoms with van der Waals surface area (Å²) < 4.78 is 20.6. The molecule has 2 heterocycles. The molecule has 0 saturated carbocycles. The third-order valence-corrected chi connectivity index (χ3v) is 3.70. The number of carbonyl (C=O) groups excluding carboxylic acids is 2. The van der Waals surface area contributed by atoms with Crippen LogP contribution >= 0.6 is 0 Å². The van der Waals surface area contributed by atoms with Gasteiger partial charge in [0.1, 0.15) is 5.82 Å². The fourth-order valence-corrected chi connectivity index (χ4v) is 2.55. The Balaban J connectivity index is 2.08. The molecule has 0 atom stereocenters. The van der Waals surface area contributed by atoms with Crippen LogP contribution in [0.1, 0.15) is 34.6 Å². The first-order valence-corrected chi connectivity index (χ1v) is 7.63. The van der Waals surface area contributed by atoms with Gasteiger partial charge in [-0.05, 0) is 18.1 Å². The molecule has 130 valence electrons. The number of hydrogen-bond acceptors (Lipinski definition) is 5. The summed E-state index contributed by atoms with van der Waals surface area (Å²) in [4.78, 5) is 35.8. The molecule has 0 bridgehead atoms. The molecule has 1 aromatic heterocycles. The van der Waals surface area contributed by atoms with Crippen LogP contribution in [0.5, 0.6) is 5.75 Å². The van der Waals surface area contributed by atoms with Crippen LogP contribution in [0.25, 0.3) is 5.69 Å². The zero-order valence-corrected chi connectivity index (χ0v) is 13.6. The molecule has 1 aromatic carbocycles. The molecule has 2 amide bonds. The molecule has 0 unspecified atom stereocenters. The van der Waals surface area contributed by atoms with E-state index in [-0.39, 0.29) is 34.3 Å². The molecule has 0 spiro atoms. The Hall–Kier alpha value is -3.16. The van der Waals surface area contributed by atoms with Gasteiger partial charge in [-0.3, -0.25) is 24.3 Å². The molecule has 2 aromatic rings. The number of carbonyl (C=O) groups is 2. The lowest BCUT2D eigenvalue weighted by atomic mass is 10.1. The third kappa shape index (κ3) is 2.86. The van der Waals surface area contributed by atoms with Crippen molar-refractivity contribution in [1.82, 2.24) is 9.88 Å². The zero-order chi connectivity index (χ0) is 18.3. The summed E-state index contributed by atoms with van der Waals surface area (Å²) in [7, 11) is 0. The van der Waals surface area contributed by atoms with Crippen molar-refractivity contribution in [3.05, 3.63) is 51.6 Å². The van der Waals surface area contributed by atoms with Gasteiger partial charge in [0.25, 0.3) is 17.4 Å². The number of benzene rings is 1. The molecule has 0 saturated heterocycles. The number of fused-ring (bicyclic) bond motifs is 1. The van der Waals surface area contributed by atoms with Crippen molar-refractivity contribution in [1.29, 1.82) is 0 Å². The Morgan fingerprint density at radius 2 is 1.92 bits per heavy atom. The maximum absolute atomic E-state index is 14.2. The van der Waals surface area contributed by atoms with Gasteiger partial charge in [-0.1, -0.05) is 13.8 Å². The fraction of sp³-hybridized carbons (Fsp3) is 0.235. The first-order valence-electron chi connectivity index (χ1n) is 7.63. The first kappa shape index (κ1) is 16.7. The maximum atomic E-state index is 14.2. The molecule has 7 nitrogen and oxygen atoms in total. The summed E-state index contributed by atoms with van der Waals surface area (Å²) >= 11 is 0. The summed E-state index contributed by atoms with van der Waals surface area (Å²) in [5, 5.41) is 2.07. The number of amides is 2. The van der Waals surface area contributed by atoms with Gasteiger partial charge in [-0.25, -0.2) is 4.39 Å². The van der Waals surface area contributed by atoms with Gasteiger partial charge in [0.2, 0.25) is 0 Å². The van der Waals surface area contributed by atoms with Gasteiger partial charge < -0.3 is 10.5 Å². The van der Waals surface area contributed by atoms with E-state index >= 15 is 0 Å². The molecule has 3 rings (SSSR count). The van der Waals surface area contributed by atoms with Crippen molar-refractivity contribution >= 4 is 17.6 Å². The lowest BCUT2D eigenvalue weighted by molar-refractivity contribution is 0.0880. The summed E-state index contributed by atoms with van der Waals surface area (Å²) in [6, 6.07) is 4.94. The van der Waals surface area contributed by atoms with Crippen LogP contribution in [0.2, 0.25) is 0 Å². The van der Waals surface area contributed by atoms with Crippen molar-refractivity contribution in [3.63, 3.8) is 0 Å². The zero-order valence-electron chi connectivity index (χ0n) is 13.6. The standard InChI is InChI=1S/C17H16FN3O4/c1-8(2)7-25-12-4-3-9(5-11(12)18)21-13(22)6-10-14(15(21)19)17(24)20-16(10)23/h3-6,8H,7,19H2,1-2H3,(H,20,23,24). The second-order valence-electron chi connectivity index (χ2n) is 6.09. The molecule has 25 heavy (non-hydrogen) atoms. The van der Waals surface area contributed by atoms with Gasteiger partial charge in [-0.15, -0.1) is 0 Å². The molecule has 1 aliphatic heterocycles. The quantitative estimate of drug-likeness (QED) is 0.817. The number of pyridine rings is 1. The molecule has 0 radical (unpaired) electrons. The van der Waals surface area contributed by atoms with Crippen LogP contribution < -0.4 is 21.3 Å². The van der Waals surface area contributed by atoms with E-state index in [1.165, 1.54) is 12.1 Å². The second-order valence-corrected chi connectivity index (χ2v) is 6.09. The topological polar surface area (TPSA) is 103 Å². The normalized spacial score (nSPS) is 13.1. The van der Waals surface area contributed by atoms with Crippen molar-refractivity contribution in [2.75, 3.05) is 12.3 Å². The van der Waals surface area contributed by atoms with E-state index in [0.717, 1.165) is 16.7 Å². The van der Waals surface area contributed by atoms with Gasteiger partial charge in [0.05, 0.1) is 23.4 Å². The smallest absolute Gasteiger partial charge is 0.262 e. The van der Waals surface area contributed by atoms with E-state index < -0.39 is 23.2 Å². The molecule has 0 aliphatic carbocycles. The lowest BCUT2D eigenvalue weighted by Crippen LogP contribution is -2.24. The first-order chi connectivity index (χ1) is 11.8. The Morgan fingerprint density at radius 3 is 2.56 bits per heavy atom. The molecular weight excluding hydrogens is 329 g/mol. The Labute approximate surface area is 142 Å². The van der Waals surface area contributed by atoms with Crippen LogP contribution in [-0.4, -0.2) is 23.0 Å². The minimum absolute atomic E-state index is 0.0538. The number of halogens is 1. The lowest BCUT2D eigenvalue weighted by Gasteiger charge is -2.14. The van der Waals surface area contributed by atoms with Gasteiger partial charge >= 0.3 is 0 Å². The molecule has 0 fully saturated rings. The number of ether oxygens (including phenoxy) is 1. The average Bonchev–Trinajstić information content (AvgIpc) is 2.80. The van der Waals surface area contributed by atoms with Crippen molar-refractivity contribution in [3.8, 4) is 11.4 Å². The predicted octanol–water partition coefficient (Wildman–Crippen LogP) is 1.48. The Bertz CT molecular complexity index is 950. The van der Waals surface area contributed by atoms with Crippen LogP contribution in [0.4, 0.5) is 10.2 Å². The number of anilines is 1. The Morgan fingerprint density at radius 1 is 1.20 bits per heavy atom. The number of nitrogens with one attached hydrogen (secondary N) is 1.